The lowest BCUT2D eigenvalue weighted by molar-refractivity contribution is -0.691. The monoisotopic (exact) mass is 318 g/mol. The number of pyridine rings is 1. The molecule has 0 spiro atoms. The summed E-state index contributed by atoms with van der Waals surface area (Å²) < 4.78 is 1.78. The summed E-state index contributed by atoms with van der Waals surface area (Å²) in [5, 5.41) is 0.977. The highest BCUT2D eigenvalue weighted by Gasteiger charge is 2.27. The second-order valence-electron chi connectivity index (χ2n) is 4.41. The average Bonchev–Trinajstić information content (AvgIpc) is 2.49. The number of rotatable bonds is 5. The summed E-state index contributed by atoms with van der Waals surface area (Å²) >= 11 is 11.2. The van der Waals surface area contributed by atoms with E-state index in [9.17, 15) is 4.79 Å². The summed E-state index contributed by atoms with van der Waals surface area (Å²) in [5.74, 6) is -0.0925. The third-order valence-corrected chi connectivity index (χ3v) is 3.57. The van der Waals surface area contributed by atoms with Crippen LogP contribution >= 0.6 is 11.6 Å². The third kappa shape index (κ3) is 3.86. The van der Waals surface area contributed by atoms with Crippen molar-refractivity contribution in [1.82, 2.24) is 0 Å². The minimum Gasteiger partial charge on any atom is -0.758 e. The third-order valence-electron chi connectivity index (χ3n) is 2.96. The van der Waals surface area contributed by atoms with Crippen LogP contribution in [-0.2, 0) is 12.6 Å². The van der Waals surface area contributed by atoms with Crippen molar-refractivity contribution in [2.24, 2.45) is 4.99 Å². The summed E-state index contributed by atoms with van der Waals surface area (Å²) in [4.78, 5) is 17.0. The molecule has 1 heterocycles. The molecule has 1 aromatic heterocycles. The predicted octanol–water partition coefficient (Wildman–Crippen LogP) is 3.02. The molecular formula is C16H15ClN2OS. The number of aliphatic imine (C=N–C) groups is 1. The summed E-state index contributed by atoms with van der Waals surface area (Å²) in [6.07, 6.45) is 3.63. The molecule has 0 aliphatic carbocycles. The van der Waals surface area contributed by atoms with E-state index >= 15 is 0 Å². The second kappa shape index (κ2) is 7.29. The van der Waals surface area contributed by atoms with Crippen molar-refractivity contribution in [2.75, 3.05) is 6.54 Å². The first-order chi connectivity index (χ1) is 10.1. The Hall–Kier alpha value is -1.78. The number of nitrogens with zero attached hydrogens (tertiary/aromatic N) is 2. The van der Waals surface area contributed by atoms with E-state index in [1.54, 1.807) is 28.8 Å². The zero-order valence-corrected chi connectivity index (χ0v) is 13.1. The molecule has 108 valence electrons. The van der Waals surface area contributed by atoms with Crippen LogP contribution in [0.1, 0.15) is 23.3 Å². The second-order valence-corrected chi connectivity index (χ2v) is 5.26. The van der Waals surface area contributed by atoms with Crippen molar-refractivity contribution in [1.29, 1.82) is 0 Å². The molecule has 0 amide bonds. The topological polar surface area (TPSA) is 33.3 Å². The van der Waals surface area contributed by atoms with Gasteiger partial charge in [0.25, 0.3) is 0 Å². The van der Waals surface area contributed by atoms with Crippen molar-refractivity contribution in [3.05, 3.63) is 65.4 Å². The molecule has 1 unspecified atom stereocenters. The number of hydrogen-bond donors (Lipinski definition) is 0. The standard InChI is InChI=1S/C16H15ClN2OS/c1-2-18-16(21)14(19-10-4-3-5-11-19)15(20)12-6-8-13(17)9-7-12/h3-11,14H,2H2,1H3. The van der Waals surface area contributed by atoms with Gasteiger partial charge in [-0.05, 0) is 36.2 Å². The number of benzene rings is 1. The quantitative estimate of drug-likeness (QED) is 0.279. The Morgan fingerprint density at radius 2 is 1.86 bits per heavy atom. The van der Waals surface area contributed by atoms with E-state index in [0.717, 1.165) is 0 Å². The van der Waals surface area contributed by atoms with Crippen LogP contribution in [0.4, 0.5) is 0 Å². The zero-order valence-electron chi connectivity index (χ0n) is 11.6. The van der Waals surface area contributed by atoms with Crippen molar-refractivity contribution >= 4 is 35.1 Å². The SMILES string of the molecule is CCN=C([S-])C(C(=O)c1ccc(Cl)cc1)[n+]1ccccc1. The number of aromatic nitrogens is 1. The first-order valence-electron chi connectivity index (χ1n) is 6.60. The number of carbonyl (C=O) groups excluding carboxylic acids is 1. The molecule has 0 aliphatic heterocycles. The van der Waals surface area contributed by atoms with Gasteiger partial charge in [0.2, 0.25) is 11.8 Å². The fourth-order valence-electron chi connectivity index (χ4n) is 1.97. The van der Waals surface area contributed by atoms with Crippen LogP contribution in [0.2, 0.25) is 5.02 Å². The van der Waals surface area contributed by atoms with E-state index < -0.39 is 6.04 Å². The molecule has 0 saturated heterocycles. The van der Waals surface area contributed by atoms with Crippen molar-refractivity contribution in [3.63, 3.8) is 0 Å². The molecule has 1 aromatic carbocycles. The first kappa shape index (κ1) is 15.6. The lowest BCUT2D eigenvalue weighted by Crippen LogP contribution is -2.47. The molecule has 21 heavy (non-hydrogen) atoms. The van der Waals surface area contributed by atoms with Gasteiger partial charge in [-0.15, -0.1) is 0 Å². The Morgan fingerprint density at radius 3 is 2.43 bits per heavy atom. The summed E-state index contributed by atoms with van der Waals surface area (Å²) in [7, 11) is 0. The summed E-state index contributed by atoms with van der Waals surface area (Å²) in [5.41, 5.74) is 0.564. The molecule has 0 N–H and O–H groups in total. The predicted molar refractivity (Wildman–Crippen MR) is 86.8 cm³/mol. The maximum absolute atomic E-state index is 12.8. The number of hydrogen-bond acceptors (Lipinski definition) is 3. The molecule has 0 saturated carbocycles. The van der Waals surface area contributed by atoms with Gasteiger partial charge in [0.05, 0.1) is 0 Å². The summed E-state index contributed by atoms with van der Waals surface area (Å²) in [6.45, 7) is 2.45. The molecular weight excluding hydrogens is 304 g/mol. The molecule has 0 fully saturated rings. The zero-order chi connectivity index (χ0) is 15.2. The molecule has 0 bridgehead atoms. The van der Waals surface area contributed by atoms with Crippen LogP contribution in [0.5, 0.6) is 0 Å². The maximum atomic E-state index is 12.8. The van der Waals surface area contributed by atoms with Gasteiger partial charge >= 0.3 is 0 Å². The van der Waals surface area contributed by atoms with Gasteiger partial charge in [0.15, 0.2) is 12.4 Å². The Labute approximate surface area is 134 Å². The number of Topliss-reactive ketones (excluding diaryl/α,β-unsaturated/α-hetero) is 1. The largest absolute Gasteiger partial charge is 0.758 e. The molecule has 0 radical (unpaired) electrons. The fourth-order valence-corrected chi connectivity index (χ4v) is 2.46. The van der Waals surface area contributed by atoms with Gasteiger partial charge < -0.3 is 17.6 Å². The fraction of sp³-hybridized carbons (Fsp3) is 0.188. The number of carbonyl (C=O) groups is 1. The normalized spacial score (nSPS) is 13.0. The maximum Gasteiger partial charge on any atom is 0.237 e. The van der Waals surface area contributed by atoms with Gasteiger partial charge in [0.1, 0.15) is 0 Å². The van der Waals surface area contributed by atoms with E-state index in [1.807, 2.05) is 37.5 Å². The average molecular weight is 319 g/mol. The van der Waals surface area contributed by atoms with Crippen LogP contribution in [0.15, 0.2) is 59.9 Å². The van der Waals surface area contributed by atoms with Crippen molar-refractivity contribution in [2.45, 2.75) is 13.0 Å². The smallest absolute Gasteiger partial charge is 0.237 e. The Bertz CT molecular complexity index is 641. The van der Waals surface area contributed by atoms with Gasteiger partial charge in [-0.3, -0.25) is 4.79 Å². The lowest BCUT2D eigenvalue weighted by atomic mass is 10.0. The van der Waals surface area contributed by atoms with Crippen LogP contribution in [0, 0.1) is 0 Å². The molecule has 2 rings (SSSR count). The van der Waals surface area contributed by atoms with Crippen molar-refractivity contribution < 1.29 is 9.36 Å². The molecule has 0 aliphatic rings. The number of ketones is 1. The Kier molecular flexibility index (Phi) is 5.42. The molecule has 3 nitrogen and oxygen atoms in total. The Balaban J connectivity index is 2.42. The molecule has 1 atom stereocenters. The van der Waals surface area contributed by atoms with E-state index in [2.05, 4.69) is 4.99 Å². The van der Waals surface area contributed by atoms with Gasteiger partial charge in [0, 0.05) is 29.3 Å². The highest BCUT2D eigenvalue weighted by atomic mass is 35.5. The van der Waals surface area contributed by atoms with E-state index in [1.165, 1.54) is 0 Å². The van der Waals surface area contributed by atoms with Gasteiger partial charge in [-0.1, -0.05) is 17.7 Å². The Morgan fingerprint density at radius 1 is 1.24 bits per heavy atom. The van der Waals surface area contributed by atoms with E-state index in [4.69, 9.17) is 24.2 Å². The van der Waals surface area contributed by atoms with Gasteiger partial charge in [-0.25, -0.2) is 0 Å². The van der Waals surface area contributed by atoms with Crippen LogP contribution < -0.4 is 4.57 Å². The first-order valence-corrected chi connectivity index (χ1v) is 7.39. The van der Waals surface area contributed by atoms with Crippen LogP contribution in [0.25, 0.3) is 0 Å². The summed E-state index contributed by atoms with van der Waals surface area (Å²) in [6, 6.07) is 11.8. The molecule has 5 heteroatoms. The minimum atomic E-state index is -0.609. The highest BCUT2D eigenvalue weighted by molar-refractivity contribution is 7.77. The van der Waals surface area contributed by atoms with Crippen LogP contribution in [-0.4, -0.2) is 17.4 Å². The van der Waals surface area contributed by atoms with E-state index in [0.29, 0.717) is 22.2 Å². The molecule has 2 aromatic rings. The van der Waals surface area contributed by atoms with Crippen LogP contribution in [0.3, 0.4) is 0 Å². The van der Waals surface area contributed by atoms with Gasteiger partial charge in [-0.2, -0.15) is 4.57 Å². The van der Waals surface area contributed by atoms with Crippen molar-refractivity contribution in [3.8, 4) is 0 Å². The van der Waals surface area contributed by atoms with E-state index in [-0.39, 0.29) is 5.78 Å². The highest BCUT2D eigenvalue weighted by Crippen LogP contribution is 2.15. The minimum absolute atomic E-state index is 0.0925. The lowest BCUT2D eigenvalue weighted by Gasteiger charge is -2.18. The number of halogens is 1.